The standard InChI is InChI=1S/C19H19ClN2O5/c1-3-16(13-6-4-12(2)5-7-13)21-18(23)11-27-19(24)15-10-14(20)8-9-17(15)22(25)26/h4-10,16H,3,11H2,1-2H3,(H,21,23)/t16-/m1/s1. The topological polar surface area (TPSA) is 98.5 Å². The SMILES string of the molecule is CC[C@@H](NC(=O)COC(=O)c1cc(Cl)ccc1[N+](=O)[O-])c1ccc(C)cc1. The highest BCUT2D eigenvalue weighted by Gasteiger charge is 2.23. The van der Waals surface area contributed by atoms with Gasteiger partial charge in [0.25, 0.3) is 11.6 Å². The number of halogens is 1. The smallest absolute Gasteiger partial charge is 0.345 e. The van der Waals surface area contributed by atoms with Crippen LogP contribution in [0.1, 0.15) is 40.9 Å². The lowest BCUT2D eigenvalue weighted by Gasteiger charge is -2.17. The van der Waals surface area contributed by atoms with Gasteiger partial charge in [0.05, 0.1) is 11.0 Å². The van der Waals surface area contributed by atoms with Crippen molar-refractivity contribution in [3.05, 3.63) is 74.3 Å². The minimum absolute atomic E-state index is 0.155. The van der Waals surface area contributed by atoms with Crippen LogP contribution in [0.3, 0.4) is 0 Å². The Balaban J connectivity index is 2.00. The zero-order chi connectivity index (χ0) is 20.0. The molecule has 0 aliphatic heterocycles. The van der Waals surface area contributed by atoms with Crippen molar-refractivity contribution in [2.24, 2.45) is 0 Å². The molecule has 0 fully saturated rings. The summed E-state index contributed by atoms with van der Waals surface area (Å²) in [5, 5.41) is 14.0. The number of hydrogen-bond acceptors (Lipinski definition) is 5. The molecule has 2 aromatic carbocycles. The van der Waals surface area contributed by atoms with Crippen molar-refractivity contribution in [1.29, 1.82) is 0 Å². The number of benzene rings is 2. The van der Waals surface area contributed by atoms with E-state index in [1.165, 1.54) is 6.07 Å². The van der Waals surface area contributed by atoms with Gasteiger partial charge in [-0.2, -0.15) is 0 Å². The van der Waals surface area contributed by atoms with E-state index >= 15 is 0 Å². The maximum atomic E-state index is 12.1. The first kappa shape index (κ1) is 20.4. The monoisotopic (exact) mass is 390 g/mol. The number of nitro groups is 1. The minimum Gasteiger partial charge on any atom is -0.452 e. The molecule has 8 heteroatoms. The molecule has 0 spiro atoms. The Morgan fingerprint density at radius 2 is 1.89 bits per heavy atom. The van der Waals surface area contributed by atoms with Crippen LogP contribution in [0.4, 0.5) is 5.69 Å². The van der Waals surface area contributed by atoms with Crippen LogP contribution in [0.25, 0.3) is 0 Å². The lowest BCUT2D eigenvalue weighted by molar-refractivity contribution is -0.385. The molecule has 2 aromatic rings. The first-order valence-corrected chi connectivity index (χ1v) is 8.66. The van der Waals surface area contributed by atoms with Crippen LogP contribution in [-0.2, 0) is 9.53 Å². The third-order valence-corrected chi connectivity index (χ3v) is 4.17. The van der Waals surface area contributed by atoms with Gasteiger partial charge in [-0.15, -0.1) is 0 Å². The molecular weight excluding hydrogens is 372 g/mol. The summed E-state index contributed by atoms with van der Waals surface area (Å²) in [6.07, 6.45) is 0.655. The number of esters is 1. The van der Waals surface area contributed by atoms with Crippen LogP contribution in [0.15, 0.2) is 42.5 Å². The normalized spacial score (nSPS) is 11.5. The van der Waals surface area contributed by atoms with Crippen molar-refractivity contribution in [1.82, 2.24) is 5.32 Å². The first-order chi connectivity index (χ1) is 12.8. The van der Waals surface area contributed by atoms with Gasteiger partial charge in [-0.1, -0.05) is 48.4 Å². The third kappa shape index (κ3) is 5.52. The van der Waals surface area contributed by atoms with Crippen molar-refractivity contribution in [2.75, 3.05) is 6.61 Å². The lowest BCUT2D eigenvalue weighted by Crippen LogP contribution is -2.32. The Bertz CT molecular complexity index is 852. The van der Waals surface area contributed by atoms with E-state index in [1.807, 2.05) is 38.1 Å². The zero-order valence-corrected chi connectivity index (χ0v) is 15.7. The fourth-order valence-electron chi connectivity index (χ4n) is 2.50. The number of carbonyl (C=O) groups excluding carboxylic acids is 2. The van der Waals surface area contributed by atoms with E-state index in [4.69, 9.17) is 16.3 Å². The maximum Gasteiger partial charge on any atom is 0.345 e. The summed E-state index contributed by atoms with van der Waals surface area (Å²) in [6, 6.07) is 11.1. The second-order valence-corrected chi connectivity index (χ2v) is 6.37. The van der Waals surface area contributed by atoms with Gasteiger partial charge in [-0.25, -0.2) is 4.79 Å². The Morgan fingerprint density at radius 3 is 2.48 bits per heavy atom. The van der Waals surface area contributed by atoms with Crippen molar-refractivity contribution < 1.29 is 19.2 Å². The molecule has 0 aliphatic carbocycles. The van der Waals surface area contributed by atoms with Crippen LogP contribution in [0, 0.1) is 17.0 Å². The number of rotatable bonds is 7. The van der Waals surface area contributed by atoms with E-state index in [0.29, 0.717) is 6.42 Å². The number of amides is 1. The van der Waals surface area contributed by atoms with Crippen molar-refractivity contribution in [3.63, 3.8) is 0 Å². The molecule has 7 nitrogen and oxygen atoms in total. The van der Waals surface area contributed by atoms with Crippen LogP contribution in [0.5, 0.6) is 0 Å². The molecule has 1 N–H and O–H groups in total. The third-order valence-electron chi connectivity index (χ3n) is 3.93. The van der Waals surface area contributed by atoms with Crippen LogP contribution in [-0.4, -0.2) is 23.4 Å². The average Bonchev–Trinajstić information content (AvgIpc) is 2.64. The van der Waals surface area contributed by atoms with E-state index in [2.05, 4.69) is 5.32 Å². The molecule has 0 bridgehead atoms. The van der Waals surface area contributed by atoms with Crippen LogP contribution in [0.2, 0.25) is 5.02 Å². The molecule has 0 radical (unpaired) electrons. The van der Waals surface area contributed by atoms with Crippen molar-refractivity contribution in [3.8, 4) is 0 Å². The summed E-state index contributed by atoms with van der Waals surface area (Å²) < 4.78 is 4.92. The molecule has 0 aromatic heterocycles. The number of nitro benzene ring substituents is 1. The fraction of sp³-hybridized carbons (Fsp3) is 0.263. The molecule has 0 heterocycles. The highest BCUT2D eigenvalue weighted by atomic mass is 35.5. The predicted molar refractivity (Wildman–Crippen MR) is 101 cm³/mol. The van der Waals surface area contributed by atoms with Gasteiger partial charge < -0.3 is 10.1 Å². The summed E-state index contributed by atoms with van der Waals surface area (Å²) in [7, 11) is 0. The first-order valence-electron chi connectivity index (χ1n) is 8.28. The number of nitrogens with zero attached hydrogens (tertiary/aromatic N) is 1. The molecule has 27 heavy (non-hydrogen) atoms. The van der Waals surface area contributed by atoms with E-state index < -0.39 is 29.1 Å². The van der Waals surface area contributed by atoms with Crippen LogP contribution < -0.4 is 5.32 Å². The molecule has 2 rings (SSSR count). The predicted octanol–water partition coefficient (Wildman–Crippen LogP) is 3.98. The Morgan fingerprint density at radius 1 is 1.22 bits per heavy atom. The largest absolute Gasteiger partial charge is 0.452 e. The van der Waals surface area contributed by atoms with Gasteiger partial charge in [-0.05, 0) is 31.0 Å². The highest BCUT2D eigenvalue weighted by molar-refractivity contribution is 6.31. The molecule has 0 aliphatic rings. The quantitative estimate of drug-likeness (QED) is 0.438. The van der Waals surface area contributed by atoms with E-state index in [9.17, 15) is 19.7 Å². The number of nitrogens with one attached hydrogen (secondary N) is 1. The molecule has 0 unspecified atom stereocenters. The van der Waals surface area contributed by atoms with Gasteiger partial charge >= 0.3 is 5.97 Å². The maximum absolute atomic E-state index is 12.1. The van der Waals surface area contributed by atoms with Gasteiger partial charge in [0.1, 0.15) is 5.56 Å². The van der Waals surface area contributed by atoms with Gasteiger partial charge in [-0.3, -0.25) is 14.9 Å². The van der Waals surface area contributed by atoms with E-state index in [1.54, 1.807) is 0 Å². The second kappa shape index (κ2) is 9.14. The molecule has 0 saturated heterocycles. The summed E-state index contributed by atoms with van der Waals surface area (Å²) in [6.45, 7) is 3.34. The molecule has 1 atom stereocenters. The van der Waals surface area contributed by atoms with Crippen molar-refractivity contribution >= 4 is 29.2 Å². The Labute approximate surface area is 161 Å². The number of ether oxygens (including phenoxy) is 1. The average molecular weight is 391 g/mol. The Kier molecular flexibility index (Phi) is 6.90. The summed E-state index contributed by atoms with van der Waals surface area (Å²) in [5.41, 5.74) is 1.31. The zero-order valence-electron chi connectivity index (χ0n) is 14.9. The summed E-state index contributed by atoms with van der Waals surface area (Å²) in [5.74, 6) is -1.48. The fourth-order valence-corrected chi connectivity index (χ4v) is 2.67. The van der Waals surface area contributed by atoms with Crippen LogP contribution >= 0.6 is 11.6 Å². The number of carbonyl (C=O) groups is 2. The number of hydrogen-bond donors (Lipinski definition) is 1. The molecule has 0 saturated carbocycles. The number of aryl methyl sites for hydroxylation is 1. The summed E-state index contributed by atoms with van der Waals surface area (Å²) >= 11 is 5.79. The Hall–Kier alpha value is -2.93. The minimum atomic E-state index is -0.984. The van der Waals surface area contributed by atoms with Gasteiger partial charge in [0, 0.05) is 11.1 Å². The second-order valence-electron chi connectivity index (χ2n) is 5.93. The summed E-state index contributed by atoms with van der Waals surface area (Å²) in [4.78, 5) is 34.6. The molecule has 142 valence electrons. The van der Waals surface area contributed by atoms with Gasteiger partial charge in [0.15, 0.2) is 6.61 Å². The highest BCUT2D eigenvalue weighted by Crippen LogP contribution is 2.23. The van der Waals surface area contributed by atoms with Crippen molar-refractivity contribution in [2.45, 2.75) is 26.3 Å². The van der Waals surface area contributed by atoms with E-state index in [-0.39, 0.29) is 16.6 Å². The van der Waals surface area contributed by atoms with Gasteiger partial charge in [0.2, 0.25) is 0 Å². The molecular formula is C19H19ClN2O5. The lowest BCUT2D eigenvalue weighted by atomic mass is 10.0. The molecule has 1 amide bonds. The van der Waals surface area contributed by atoms with E-state index in [0.717, 1.165) is 23.3 Å².